The molecule has 1 aliphatic heterocycles. The Balaban J connectivity index is 1.56. The lowest BCUT2D eigenvalue weighted by Crippen LogP contribution is -2.56. The molecule has 0 spiro atoms. The summed E-state index contributed by atoms with van der Waals surface area (Å²) in [6.07, 6.45) is 0. The zero-order valence-electron chi connectivity index (χ0n) is 14.7. The van der Waals surface area contributed by atoms with Gasteiger partial charge in [-0.2, -0.15) is 0 Å². The van der Waals surface area contributed by atoms with Crippen molar-refractivity contribution < 1.29 is 19.5 Å². The molecule has 2 heterocycles. The lowest BCUT2D eigenvalue weighted by atomic mass is 10.2. The molecule has 2 aromatic rings. The van der Waals surface area contributed by atoms with Gasteiger partial charge in [0, 0.05) is 31.9 Å². The Bertz CT molecular complexity index is 787. The molecule has 1 saturated heterocycles. The van der Waals surface area contributed by atoms with Crippen molar-refractivity contribution in [2.75, 3.05) is 37.7 Å². The van der Waals surface area contributed by atoms with Gasteiger partial charge in [0.15, 0.2) is 0 Å². The molecule has 0 bridgehead atoms. The number of benzene rings is 1. The highest BCUT2D eigenvalue weighted by Gasteiger charge is 2.30. The van der Waals surface area contributed by atoms with Crippen molar-refractivity contribution in [2.45, 2.75) is 6.04 Å². The van der Waals surface area contributed by atoms with Crippen LogP contribution >= 0.6 is 11.3 Å². The number of hydrogen-bond acceptors (Lipinski definition) is 6. The lowest BCUT2D eigenvalue weighted by Gasteiger charge is -2.37. The molecule has 0 radical (unpaired) electrons. The third-order valence-electron chi connectivity index (χ3n) is 4.45. The van der Waals surface area contributed by atoms with Crippen molar-refractivity contribution in [1.29, 1.82) is 0 Å². The van der Waals surface area contributed by atoms with Gasteiger partial charge in [-0.25, -0.2) is 0 Å². The van der Waals surface area contributed by atoms with Gasteiger partial charge < -0.3 is 20.2 Å². The van der Waals surface area contributed by atoms with E-state index in [4.69, 9.17) is 0 Å². The molecular weight excluding hydrogens is 366 g/mol. The summed E-state index contributed by atoms with van der Waals surface area (Å²) in [5.41, 5.74) is 1.10. The molecule has 3 rings (SSSR count). The number of hydrogen-bond donors (Lipinski definition) is 2. The minimum atomic E-state index is -1.12. The normalized spacial score (nSPS) is 15.3. The second-order valence-electron chi connectivity index (χ2n) is 6.16. The first-order chi connectivity index (χ1) is 13.1. The molecule has 0 unspecified atom stereocenters. The van der Waals surface area contributed by atoms with Gasteiger partial charge in [0.25, 0.3) is 11.7 Å². The third-order valence-corrected chi connectivity index (χ3v) is 5.32. The number of carbonyl (C=O) groups excluding carboxylic acids is 3. The Hall–Kier alpha value is -2.71. The highest BCUT2D eigenvalue weighted by atomic mass is 32.1. The number of para-hydroxylation sites is 1. The first kappa shape index (κ1) is 19.1. The second kappa shape index (κ2) is 8.79. The second-order valence-corrected chi connectivity index (χ2v) is 7.11. The van der Waals surface area contributed by atoms with E-state index in [0.717, 1.165) is 17.0 Å². The molecule has 0 saturated carbocycles. The van der Waals surface area contributed by atoms with Crippen LogP contribution in [0.3, 0.4) is 0 Å². The van der Waals surface area contributed by atoms with Crippen LogP contribution in [0, 0.1) is 0 Å². The summed E-state index contributed by atoms with van der Waals surface area (Å²) in [7, 11) is 0. The summed E-state index contributed by atoms with van der Waals surface area (Å²) in [6.45, 7) is 1.74. The van der Waals surface area contributed by atoms with Crippen LogP contribution in [0.2, 0.25) is 0 Å². The predicted octanol–water partition coefficient (Wildman–Crippen LogP) is 0.757. The molecule has 1 atom stereocenters. The van der Waals surface area contributed by atoms with Crippen LogP contribution in [0.15, 0.2) is 47.8 Å². The zero-order valence-corrected chi connectivity index (χ0v) is 15.5. The van der Waals surface area contributed by atoms with Crippen LogP contribution in [0.4, 0.5) is 5.69 Å². The molecular formula is C19H21N3O4S. The van der Waals surface area contributed by atoms with E-state index in [-0.39, 0.29) is 5.91 Å². The Morgan fingerprint density at radius 1 is 1.04 bits per heavy atom. The van der Waals surface area contributed by atoms with E-state index in [9.17, 15) is 19.5 Å². The molecule has 1 aromatic carbocycles. The Morgan fingerprint density at radius 3 is 2.33 bits per heavy atom. The first-order valence-electron chi connectivity index (χ1n) is 8.68. The number of nitrogens with zero attached hydrogens (tertiary/aromatic N) is 2. The van der Waals surface area contributed by atoms with Gasteiger partial charge in [-0.05, 0) is 23.6 Å². The lowest BCUT2D eigenvalue weighted by molar-refractivity contribution is -0.137. The Morgan fingerprint density at radius 2 is 1.74 bits per heavy atom. The highest BCUT2D eigenvalue weighted by Crippen LogP contribution is 2.16. The van der Waals surface area contributed by atoms with Crippen LogP contribution in [0.5, 0.6) is 0 Å². The molecule has 7 nitrogen and oxygen atoms in total. The fourth-order valence-electron chi connectivity index (χ4n) is 2.97. The van der Waals surface area contributed by atoms with E-state index in [2.05, 4.69) is 10.2 Å². The SMILES string of the molecule is O=C(N[C@@H](CO)C(=O)N1CCN(c2ccccc2)CC1)C(=O)c1cccs1. The molecule has 2 N–H and O–H groups in total. The highest BCUT2D eigenvalue weighted by molar-refractivity contribution is 7.13. The van der Waals surface area contributed by atoms with Crippen molar-refractivity contribution in [3.05, 3.63) is 52.7 Å². The third kappa shape index (κ3) is 4.53. The van der Waals surface area contributed by atoms with Gasteiger partial charge in [-0.1, -0.05) is 24.3 Å². The fraction of sp³-hybridized carbons (Fsp3) is 0.316. The summed E-state index contributed by atoms with van der Waals surface area (Å²) in [5.74, 6) is -1.96. The molecule has 1 aliphatic rings. The van der Waals surface area contributed by atoms with Gasteiger partial charge in [0.1, 0.15) is 6.04 Å². The number of carbonyl (C=O) groups is 3. The number of nitrogens with one attached hydrogen (secondary N) is 1. The topological polar surface area (TPSA) is 89.9 Å². The number of Topliss-reactive ketones (excluding diaryl/α,β-unsaturated/α-hetero) is 1. The number of rotatable bonds is 6. The maximum absolute atomic E-state index is 12.6. The van der Waals surface area contributed by atoms with Crippen molar-refractivity contribution in [3.8, 4) is 0 Å². The number of ketones is 1. The molecule has 0 aliphatic carbocycles. The number of amides is 2. The minimum absolute atomic E-state index is 0.299. The zero-order chi connectivity index (χ0) is 19.2. The van der Waals surface area contributed by atoms with Gasteiger partial charge >= 0.3 is 0 Å². The number of aliphatic hydroxyl groups excluding tert-OH is 1. The van der Waals surface area contributed by atoms with Gasteiger partial charge in [-0.3, -0.25) is 14.4 Å². The maximum atomic E-state index is 12.6. The van der Waals surface area contributed by atoms with Crippen LogP contribution in [-0.2, 0) is 9.59 Å². The van der Waals surface area contributed by atoms with Crippen LogP contribution in [-0.4, -0.2) is 66.4 Å². The van der Waals surface area contributed by atoms with Crippen LogP contribution < -0.4 is 10.2 Å². The Kier molecular flexibility index (Phi) is 6.20. The van der Waals surface area contributed by atoms with E-state index in [1.54, 1.807) is 22.4 Å². The average Bonchev–Trinajstić information content (AvgIpc) is 3.26. The van der Waals surface area contributed by atoms with Crippen molar-refractivity contribution in [2.24, 2.45) is 0 Å². The minimum Gasteiger partial charge on any atom is -0.394 e. The molecule has 2 amide bonds. The number of piperazine rings is 1. The van der Waals surface area contributed by atoms with Crippen LogP contribution in [0.1, 0.15) is 9.67 Å². The maximum Gasteiger partial charge on any atom is 0.293 e. The van der Waals surface area contributed by atoms with E-state index < -0.39 is 24.3 Å². The smallest absolute Gasteiger partial charge is 0.293 e. The van der Waals surface area contributed by atoms with Gasteiger partial charge in [0.05, 0.1) is 11.5 Å². The van der Waals surface area contributed by atoms with E-state index >= 15 is 0 Å². The van der Waals surface area contributed by atoms with E-state index in [1.165, 1.54) is 0 Å². The van der Waals surface area contributed by atoms with Crippen molar-refractivity contribution >= 4 is 34.6 Å². The molecule has 1 aromatic heterocycles. The summed E-state index contributed by atoms with van der Waals surface area (Å²) in [6, 6.07) is 12.0. The fourth-order valence-corrected chi connectivity index (χ4v) is 3.63. The van der Waals surface area contributed by atoms with Gasteiger partial charge in [-0.15, -0.1) is 11.3 Å². The number of aliphatic hydroxyl groups is 1. The Labute approximate surface area is 161 Å². The first-order valence-corrected chi connectivity index (χ1v) is 9.56. The quantitative estimate of drug-likeness (QED) is 0.564. The monoisotopic (exact) mass is 387 g/mol. The molecule has 142 valence electrons. The number of thiophene rings is 1. The molecule has 1 fully saturated rings. The molecule has 8 heteroatoms. The largest absolute Gasteiger partial charge is 0.394 e. The summed E-state index contributed by atoms with van der Waals surface area (Å²) >= 11 is 1.15. The molecule has 27 heavy (non-hydrogen) atoms. The number of anilines is 1. The summed E-state index contributed by atoms with van der Waals surface area (Å²) in [5, 5.41) is 13.6. The summed E-state index contributed by atoms with van der Waals surface area (Å²) in [4.78, 5) is 40.9. The van der Waals surface area contributed by atoms with Gasteiger partial charge in [0.2, 0.25) is 5.91 Å². The van der Waals surface area contributed by atoms with Crippen molar-refractivity contribution in [3.63, 3.8) is 0 Å². The van der Waals surface area contributed by atoms with Crippen LogP contribution in [0.25, 0.3) is 0 Å². The summed E-state index contributed by atoms with van der Waals surface area (Å²) < 4.78 is 0. The predicted molar refractivity (Wildman–Crippen MR) is 103 cm³/mol. The van der Waals surface area contributed by atoms with E-state index in [1.807, 2.05) is 30.3 Å². The van der Waals surface area contributed by atoms with Crippen molar-refractivity contribution in [1.82, 2.24) is 10.2 Å². The average molecular weight is 387 g/mol. The van der Waals surface area contributed by atoms with E-state index in [0.29, 0.717) is 31.1 Å². The standard InChI is InChI=1S/C19H21N3O4S/c23-13-15(20-18(25)17(24)16-7-4-12-27-16)19(26)22-10-8-21(9-11-22)14-5-2-1-3-6-14/h1-7,12,15,23H,8-11,13H2,(H,20,25)/t15-/m0/s1.